The minimum Gasteiger partial charge on any atom is -0.462 e. The molecule has 0 amide bonds. The molecule has 1 aromatic rings. The molecule has 0 aliphatic rings. The summed E-state index contributed by atoms with van der Waals surface area (Å²) in [6, 6.07) is 6.33. The highest BCUT2D eigenvalue weighted by Crippen LogP contribution is 2.18. The number of benzene rings is 1. The van der Waals surface area contributed by atoms with Crippen LogP contribution in [0.4, 0.5) is 0 Å². The molecule has 0 aliphatic carbocycles. The maximum atomic E-state index is 11.3. The van der Waals surface area contributed by atoms with Gasteiger partial charge in [-0.25, -0.2) is 9.59 Å². The zero-order valence-corrected chi connectivity index (χ0v) is 11.0. The van der Waals surface area contributed by atoms with Crippen LogP contribution < -0.4 is 9.47 Å². The fourth-order valence-electron chi connectivity index (χ4n) is 1.03. The summed E-state index contributed by atoms with van der Waals surface area (Å²) in [6.07, 6.45) is 3.34. The first kappa shape index (κ1) is 15.2. The van der Waals surface area contributed by atoms with Gasteiger partial charge in [-0.15, -0.1) is 0 Å². The molecule has 0 aliphatic heterocycles. The molecule has 0 unspecified atom stereocenters. The van der Waals surface area contributed by atoms with Crippen molar-refractivity contribution in [2.45, 2.75) is 6.92 Å². The number of rotatable bonds is 6. The van der Waals surface area contributed by atoms with E-state index in [9.17, 15) is 9.59 Å². The van der Waals surface area contributed by atoms with E-state index < -0.39 is 11.9 Å². The number of carbonyl (C=O) groups excluding carboxylic acids is 2. The summed E-state index contributed by atoms with van der Waals surface area (Å²) in [5, 5.41) is 0. The predicted molar refractivity (Wildman–Crippen MR) is 72.9 cm³/mol. The molecule has 104 valence electrons. The van der Waals surface area contributed by atoms with Crippen molar-refractivity contribution in [3.63, 3.8) is 0 Å². The molecule has 20 heavy (non-hydrogen) atoms. The first-order valence-corrected chi connectivity index (χ1v) is 5.65. The Balaban J connectivity index is 2.50. The third-order valence-corrected chi connectivity index (χ3v) is 1.99. The quantitative estimate of drug-likeness (QED) is 0.345. The lowest BCUT2D eigenvalue weighted by Crippen LogP contribution is -2.07. The van der Waals surface area contributed by atoms with Crippen LogP contribution in [0.5, 0.6) is 11.5 Å². The van der Waals surface area contributed by atoms with Gasteiger partial charge in [-0.3, -0.25) is 0 Å². The van der Waals surface area contributed by atoms with Crippen molar-refractivity contribution in [3.05, 3.63) is 61.6 Å². The van der Waals surface area contributed by atoms with E-state index in [0.29, 0.717) is 17.1 Å². The Morgan fingerprint density at radius 1 is 1.10 bits per heavy atom. The molecule has 5 nitrogen and oxygen atoms in total. The maximum absolute atomic E-state index is 11.3. The van der Waals surface area contributed by atoms with Gasteiger partial charge in [-0.1, -0.05) is 13.2 Å². The summed E-state index contributed by atoms with van der Waals surface area (Å²) in [5.41, 5.74) is 0.317. The Bertz CT molecular complexity index is 540. The third kappa shape index (κ3) is 5.22. The number of hydrogen-bond donors (Lipinski definition) is 0. The lowest BCUT2D eigenvalue weighted by molar-refractivity contribution is -0.132. The first-order chi connectivity index (χ1) is 9.52. The Hall–Kier alpha value is -2.82. The van der Waals surface area contributed by atoms with E-state index in [2.05, 4.69) is 17.9 Å². The van der Waals surface area contributed by atoms with Gasteiger partial charge in [0.25, 0.3) is 0 Å². The molecule has 0 saturated carbocycles. The lowest BCUT2D eigenvalue weighted by atomic mass is 10.3. The summed E-state index contributed by atoms with van der Waals surface area (Å²) >= 11 is 0. The summed E-state index contributed by atoms with van der Waals surface area (Å²) in [7, 11) is 0. The highest BCUT2D eigenvalue weighted by atomic mass is 16.5. The summed E-state index contributed by atoms with van der Waals surface area (Å²) in [6.45, 7) is 8.29. The van der Waals surface area contributed by atoms with Crippen molar-refractivity contribution in [3.8, 4) is 11.5 Å². The first-order valence-electron chi connectivity index (χ1n) is 5.65. The van der Waals surface area contributed by atoms with Crippen molar-refractivity contribution >= 4 is 11.9 Å². The number of esters is 2. The summed E-state index contributed by atoms with van der Waals surface area (Å²) in [4.78, 5) is 22.0. The molecule has 0 saturated heterocycles. The minimum absolute atomic E-state index is 0.317. The maximum Gasteiger partial charge on any atom is 0.338 e. The van der Waals surface area contributed by atoms with Crippen LogP contribution >= 0.6 is 0 Å². The molecule has 5 heteroatoms. The van der Waals surface area contributed by atoms with Gasteiger partial charge in [0, 0.05) is 11.6 Å². The van der Waals surface area contributed by atoms with E-state index in [1.807, 2.05) is 0 Å². The average molecular weight is 274 g/mol. The fourth-order valence-corrected chi connectivity index (χ4v) is 1.03. The van der Waals surface area contributed by atoms with Crippen molar-refractivity contribution in [1.82, 2.24) is 0 Å². The molecule has 0 heterocycles. The largest absolute Gasteiger partial charge is 0.462 e. The molecular formula is C15H14O5. The molecule has 1 rings (SSSR count). The van der Waals surface area contributed by atoms with E-state index in [-0.39, 0.29) is 0 Å². The van der Waals surface area contributed by atoms with Crippen LogP contribution in [0.25, 0.3) is 0 Å². The molecule has 0 spiro atoms. The van der Waals surface area contributed by atoms with Gasteiger partial charge >= 0.3 is 11.9 Å². The van der Waals surface area contributed by atoms with Gasteiger partial charge in [0.2, 0.25) is 0 Å². The van der Waals surface area contributed by atoms with Crippen LogP contribution in [-0.2, 0) is 14.3 Å². The van der Waals surface area contributed by atoms with Crippen molar-refractivity contribution in [1.29, 1.82) is 0 Å². The molecule has 0 radical (unpaired) electrons. The van der Waals surface area contributed by atoms with Crippen LogP contribution in [0.2, 0.25) is 0 Å². The Labute approximate surface area is 116 Å². The summed E-state index contributed by atoms with van der Waals surface area (Å²) in [5.74, 6) is -0.194. The second-order valence-corrected chi connectivity index (χ2v) is 3.67. The topological polar surface area (TPSA) is 61.8 Å². The van der Waals surface area contributed by atoms with Crippen molar-refractivity contribution in [2.24, 2.45) is 0 Å². The monoisotopic (exact) mass is 274 g/mol. The number of carbonyl (C=O) groups is 2. The minimum atomic E-state index is -0.577. The predicted octanol–water partition coefficient (Wildman–Crippen LogP) is 2.75. The standard InChI is InChI=1S/C15H14O5/c1-4-14(16)19-10-9-18-12-5-7-13(8-6-12)20-15(17)11(2)3/h4-10H,1-2H2,3H3. The van der Waals surface area contributed by atoms with Crippen molar-refractivity contribution in [2.75, 3.05) is 0 Å². The Morgan fingerprint density at radius 3 is 2.25 bits per heavy atom. The van der Waals surface area contributed by atoms with E-state index in [1.165, 1.54) is 6.26 Å². The molecule has 1 aromatic carbocycles. The van der Waals surface area contributed by atoms with E-state index in [0.717, 1.165) is 12.3 Å². The Morgan fingerprint density at radius 2 is 1.70 bits per heavy atom. The number of hydrogen-bond acceptors (Lipinski definition) is 5. The highest BCUT2D eigenvalue weighted by molar-refractivity contribution is 5.88. The smallest absolute Gasteiger partial charge is 0.338 e. The molecular weight excluding hydrogens is 260 g/mol. The van der Waals surface area contributed by atoms with Crippen LogP contribution in [0, 0.1) is 0 Å². The van der Waals surface area contributed by atoms with Gasteiger partial charge in [0.05, 0.1) is 0 Å². The second-order valence-electron chi connectivity index (χ2n) is 3.67. The molecule has 0 fully saturated rings. The normalized spacial score (nSPS) is 9.85. The van der Waals surface area contributed by atoms with Crippen LogP contribution in [0.1, 0.15) is 6.92 Å². The lowest BCUT2D eigenvalue weighted by Gasteiger charge is -2.04. The molecule has 0 atom stereocenters. The molecule has 0 N–H and O–H groups in total. The molecule has 0 bridgehead atoms. The van der Waals surface area contributed by atoms with E-state index in [1.54, 1.807) is 31.2 Å². The zero-order valence-electron chi connectivity index (χ0n) is 11.0. The fraction of sp³-hybridized carbons (Fsp3) is 0.0667. The van der Waals surface area contributed by atoms with Gasteiger partial charge in [-0.05, 0) is 31.2 Å². The SMILES string of the molecule is C=CC(=O)OC=COc1ccc(OC(=O)C(=C)C)cc1. The van der Waals surface area contributed by atoms with E-state index >= 15 is 0 Å². The Kier molecular flexibility index (Phi) is 5.77. The summed E-state index contributed by atoms with van der Waals surface area (Å²) < 4.78 is 14.7. The highest BCUT2D eigenvalue weighted by Gasteiger charge is 2.04. The van der Waals surface area contributed by atoms with Crippen LogP contribution in [0.15, 0.2) is 61.6 Å². The van der Waals surface area contributed by atoms with Gasteiger partial charge in [0.15, 0.2) is 0 Å². The van der Waals surface area contributed by atoms with Crippen molar-refractivity contribution < 1.29 is 23.8 Å². The average Bonchev–Trinajstić information content (AvgIpc) is 2.44. The zero-order chi connectivity index (χ0) is 15.0. The van der Waals surface area contributed by atoms with Crippen LogP contribution in [0.3, 0.4) is 0 Å². The third-order valence-electron chi connectivity index (χ3n) is 1.99. The number of ether oxygens (including phenoxy) is 3. The van der Waals surface area contributed by atoms with Gasteiger partial charge in [-0.2, -0.15) is 0 Å². The van der Waals surface area contributed by atoms with Crippen LogP contribution in [-0.4, -0.2) is 11.9 Å². The van der Waals surface area contributed by atoms with E-state index in [4.69, 9.17) is 9.47 Å². The molecule has 0 aromatic heterocycles. The van der Waals surface area contributed by atoms with Gasteiger partial charge in [0.1, 0.15) is 24.0 Å². The van der Waals surface area contributed by atoms with Gasteiger partial charge < -0.3 is 14.2 Å². The second kappa shape index (κ2) is 7.58.